The van der Waals surface area contributed by atoms with E-state index in [1.54, 1.807) is 6.92 Å². The Labute approximate surface area is 113 Å². The molecule has 0 aliphatic rings. The van der Waals surface area contributed by atoms with Gasteiger partial charge in [0.2, 0.25) is 0 Å². The second-order valence-electron chi connectivity index (χ2n) is 4.22. The molecule has 0 spiro atoms. The smallest absolute Gasteiger partial charge is 0.330 e. The van der Waals surface area contributed by atoms with E-state index in [1.807, 2.05) is 0 Å². The van der Waals surface area contributed by atoms with Crippen molar-refractivity contribution in [2.75, 3.05) is 13.2 Å². The first-order valence-electron chi connectivity index (χ1n) is 7.22. The molecule has 2 N–H and O–H groups in total. The Morgan fingerprint density at radius 1 is 1.06 bits per heavy atom. The highest BCUT2D eigenvalue weighted by molar-refractivity contribution is 5.81. The lowest BCUT2D eigenvalue weighted by molar-refractivity contribution is -0.137. The molecule has 0 aromatic heterocycles. The van der Waals surface area contributed by atoms with Gasteiger partial charge < -0.3 is 10.5 Å². The molecule has 0 aromatic rings. The monoisotopic (exact) mass is 257 g/mol. The van der Waals surface area contributed by atoms with E-state index in [-0.39, 0.29) is 5.97 Å². The molecule has 108 valence electrons. The van der Waals surface area contributed by atoms with Crippen molar-refractivity contribution < 1.29 is 9.53 Å². The molecule has 0 bridgehead atoms. The predicted molar refractivity (Wildman–Crippen MR) is 78.5 cm³/mol. The summed E-state index contributed by atoms with van der Waals surface area (Å²) in [6.07, 6.45) is 12.1. The van der Waals surface area contributed by atoms with Crippen LogP contribution in [0, 0.1) is 0 Å². The molecule has 0 rings (SSSR count). The van der Waals surface area contributed by atoms with Crippen LogP contribution in [0.5, 0.6) is 0 Å². The highest BCUT2D eigenvalue weighted by atomic mass is 16.5. The molecule has 0 fully saturated rings. The summed E-state index contributed by atoms with van der Waals surface area (Å²) < 4.78 is 4.43. The molecule has 0 saturated carbocycles. The summed E-state index contributed by atoms with van der Waals surface area (Å²) in [5, 5.41) is 0. The van der Waals surface area contributed by atoms with Crippen molar-refractivity contribution >= 4 is 5.97 Å². The molecule has 0 amide bonds. The van der Waals surface area contributed by atoms with Gasteiger partial charge in [-0.25, -0.2) is 4.79 Å². The second kappa shape index (κ2) is 18.5. The van der Waals surface area contributed by atoms with Crippen molar-refractivity contribution in [2.24, 2.45) is 5.73 Å². The number of unbranched alkanes of at least 4 members (excludes halogenated alkanes) is 7. The zero-order valence-corrected chi connectivity index (χ0v) is 12.2. The van der Waals surface area contributed by atoms with E-state index < -0.39 is 0 Å². The number of hydrogen-bond acceptors (Lipinski definition) is 3. The summed E-state index contributed by atoms with van der Waals surface area (Å²) >= 11 is 0. The number of esters is 1. The first-order chi connectivity index (χ1) is 8.72. The van der Waals surface area contributed by atoms with Gasteiger partial charge in [-0.15, -0.1) is 0 Å². The van der Waals surface area contributed by atoms with Crippen LogP contribution in [0.15, 0.2) is 12.7 Å². The molecule has 0 saturated heterocycles. The number of carbonyl (C=O) groups is 1. The van der Waals surface area contributed by atoms with E-state index in [2.05, 4.69) is 18.2 Å². The maximum Gasteiger partial charge on any atom is 0.330 e. The summed E-state index contributed by atoms with van der Waals surface area (Å²) in [4.78, 5) is 10.1. The van der Waals surface area contributed by atoms with Gasteiger partial charge in [0.25, 0.3) is 0 Å². The van der Waals surface area contributed by atoms with Crippen molar-refractivity contribution in [3.05, 3.63) is 12.7 Å². The van der Waals surface area contributed by atoms with E-state index >= 15 is 0 Å². The van der Waals surface area contributed by atoms with Gasteiger partial charge in [0, 0.05) is 6.08 Å². The Morgan fingerprint density at radius 2 is 1.56 bits per heavy atom. The Morgan fingerprint density at radius 3 is 1.89 bits per heavy atom. The van der Waals surface area contributed by atoms with Crippen LogP contribution in [0.4, 0.5) is 0 Å². The zero-order valence-electron chi connectivity index (χ0n) is 12.2. The zero-order chi connectivity index (χ0) is 14.1. The Bertz CT molecular complexity index is 173. The summed E-state index contributed by atoms with van der Waals surface area (Å²) in [7, 11) is 0. The number of ether oxygens (including phenoxy) is 1. The average molecular weight is 257 g/mol. The van der Waals surface area contributed by atoms with Crippen molar-refractivity contribution in [2.45, 2.75) is 65.2 Å². The van der Waals surface area contributed by atoms with Crippen molar-refractivity contribution in [1.29, 1.82) is 0 Å². The van der Waals surface area contributed by atoms with Crippen LogP contribution in [-0.4, -0.2) is 19.1 Å². The largest absolute Gasteiger partial charge is 0.463 e. The summed E-state index contributed by atoms with van der Waals surface area (Å²) in [5.41, 5.74) is 5.39. The molecule has 0 aromatic carbocycles. The predicted octanol–water partition coefficient (Wildman–Crippen LogP) is 3.82. The Balaban J connectivity index is 0. The standard InChI is InChI=1S/C10H23N.C5H8O2/c1-2-3-4-5-6-7-8-9-10-11;1-3-5(6)7-4-2/h2-11H2,1H3;3H,1,4H2,2H3. The molecule has 3 nitrogen and oxygen atoms in total. The van der Waals surface area contributed by atoms with Gasteiger partial charge in [-0.1, -0.05) is 58.4 Å². The van der Waals surface area contributed by atoms with Gasteiger partial charge in [0.15, 0.2) is 0 Å². The van der Waals surface area contributed by atoms with Crippen LogP contribution in [0.3, 0.4) is 0 Å². The topological polar surface area (TPSA) is 52.3 Å². The van der Waals surface area contributed by atoms with Crippen LogP contribution in [0.25, 0.3) is 0 Å². The van der Waals surface area contributed by atoms with Crippen LogP contribution < -0.4 is 5.73 Å². The van der Waals surface area contributed by atoms with E-state index in [9.17, 15) is 4.79 Å². The van der Waals surface area contributed by atoms with Crippen molar-refractivity contribution in [3.63, 3.8) is 0 Å². The van der Waals surface area contributed by atoms with E-state index in [0.29, 0.717) is 6.61 Å². The Hall–Kier alpha value is -0.830. The van der Waals surface area contributed by atoms with Gasteiger partial charge in [-0.05, 0) is 19.9 Å². The van der Waals surface area contributed by atoms with E-state index in [0.717, 1.165) is 12.6 Å². The van der Waals surface area contributed by atoms with Crippen molar-refractivity contribution in [3.8, 4) is 0 Å². The first-order valence-corrected chi connectivity index (χ1v) is 7.22. The fourth-order valence-electron chi connectivity index (χ4n) is 1.48. The van der Waals surface area contributed by atoms with Gasteiger partial charge >= 0.3 is 5.97 Å². The van der Waals surface area contributed by atoms with Gasteiger partial charge in [0.05, 0.1) is 6.61 Å². The molecule has 0 radical (unpaired) electrons. The normalized spacial score (nSPS) is 9.28. The van der Waals surface area contributed by atoms with Crippen LogP contribution >= 0.6 is 0 Å². The molecule has 0 aliphatic heterocycles. The average Bonchev–Trinajstić information content (AvgIpc) is 2.39. The third-order valence-corrected chi connectivity index (χ3v) is 2.51. The van der Waals surface area contributed by atoms with Crippen LogP contribution in [0.2, 0.25) is 0 Å². The minimum absolute atomic E-state index is 0.359. The molecule has 0 aliphatic carbocycles. The summed E-state index contributed by atoms with van der Waals surface area (Å²) in [5.74, 6) is -0.359. The fraction of sp³-hybridized carbons (Fsp3) is 0.800. The van der Waals surface area contributed by atoms with E-state index in [1.165, 1.54) is 51.4 Å². The molecule has 0 unspecified atom stereocenters. The third-order valence-electron chi connectivity index (χ3n) is 2.51. The highest BCUT2D eigenvalue weighted by Crippen LogP contribution is 2.07. The van der Waals surface area contributed by atoms with Crippen molar-refractivity contribution in [1.82, 2.24) is 0 Å². The first kappa shape index (κ1) is 19.5. The number of rotatable bonds is 10. The van der Waals surface area contributed by atoms with Gasteiger partial charge in [-0.3, -0.25) is 0 Å². The fourth-order valence-corrected chi connectivity index (χ4v) is 1.48. The quantitative estimate of drug-likeness (QED) is 0.368. The molecular weight excluding hydrogens is 226 g/mol. The number of nitrogens with two attached hydrogens (primary N) is 1. The highest BCUT2D eigenvalue weighted by Gasteiger charge is 1.89. The molecular formula is C15H31NO2. The van der Waals surface area contributed by atoms with Gasteiger partial charge in [-0.2, -0.15) is 0 Å². The summed E-state index contributed by atoms with van der Waals surface area (Å²) in [6.45, 7) is 8.51. The lowest BCUT2D eigenvalue weighted by Gasteiger charge is -1.99. The lowest BCUT2D eigenvalue weighted by atomic mass is 10.1. The minimum Gasteiger partial charge on any atom is -0.463 e. The van der Waals surface area contributed by atoms with Crippen LogP contribution in [0.1, 0.15) is 65.2 Å². The minimum atomic E-state index is -0.359. The maximum absolute atomic E-state index is 10.1. The third kappa shape index (κ3) is 20.6. The molecule has 0 heterocycles. The van der Waals surface area contributed by atoms with Crippen LogP contribution in [-0.2, 0) is 9.53 Å². The second-order valence-corrected chi connectivity index (χ2v) is 4.22. The maximum atomic E-state index is 10.1. The molecule has 0 atom stereocenters. The molecule has 3 heteroatoms. The molecule has 18 heavy (non-hydrogen) atoms. The van der Waals surface area contributed by atoms with Gasteiger partial charge in [0.1, 0.15) is 0 Å². The lowest BCUT2D eigenvalue weighted by Crippen LogP contribution is -1.97. The number of carbonyl (C=O) groups excluding carboxylic acids is 1. The Kier molecular flexibility index (Phi) is 20.1. The SMILES string of the molecule is C=CC(=O)OCC.CCCCCCCCCCN. The van der Waals surface area contributed by atoms with E-state index in [4.69, 9.17) is 5.73 Å². The summed E-state index contributed by atoms with van der Waals surface area (Å²) in [6, 6.07) is 0. The number of hydrogen-bond donors (Lipinski definition) is 1.